The molecule has 9 heteroatoms. The van der Waals surface area contributed by atoms with Crippen molar-refractivity contribution < 1.29 is 23.5 Å². The third kappa shape index (κ3) is 5.20. The first-order valence-corrected chi connectivity index (χ1v) is 10.1. The molecule has 1 aliphatic heterocycles. The van der Waals surface area contributed by atoms with Crippen LogP contribution in [-0.2, 0) is 20.7 Å². The Morgan fingerprint density at radius 3 is 2.60 bits per heavy atom. The number of thioether (sulfide) groups is 1. The summed E-state index contributed by atoms with van der Waals surface area (Å²) in [7, 11) is 2.83. The summed E-state index contributed by atoms with van der Waals surface area (Å²) in [6, 6.07) is 11.5. The molecular weight excluding hydrogens is 431 g/mol. The van der Waals surface area contributed by atoms with E-state index < -0.39 is 11.8 Å². The number of benzene rings is 2. The van der Waals surface area contributed by atoms with Gasteiger partial charge in [0.2, 0.25) is 0 Å². The Bertz CT molecular complexity index is 1020. The summed E-state index contributed by atoms with van der Waals surface area (Å²) in [4.78, 5) is 30.6. The van der Waals surface area contributed by atoms with Crippen LogP contribution in [0.5, 0.6) is 5.75 Å². The molecule has 0 aliphatic carbocycles. The Morgan fingerprint density at radius 1 is 1.23 bits per heavy atom. The number of esters is 1. The van der Waals surface area contributed by atoms with E-state index >= 15 is 0 Å². The molecule has 30 heavy (non-hydrogen) atoms. The van der Waals surface area contributed by atoms with Gasteiger partial charge in [-0.25, -0.2) is 14.2 Å². The highest BCUT2D eigenvalue weighted by Gasteiger charge is 2.34. The number of aliphatic imine (C=N–C) groups is 1. The van der Waals surface area contributed by atoms with E-state index in [0.29, 0.717) is 23.8 Å². The SMILES string of the molecule is COC(=O)C=C1SC(=Nc2ccc(F)c(Cl)c2)N(CCc2ccc(OC)cc2)C1=O. The second kappa shape index (κ2) is 9.77. The van der Waals surface area contributed by atoms with Crippen molar-refractivity contribution in [3.63, 3.8) is 0 Å². The van der Waals surface area contributed by atoms with Crippen LogP contribution in [0, 0.1) is 5.82 Å². The van der Waals surface area contributed by atoms with Gasteiger partial charge in [0, 0.05) is 12.6 Å². The molecule has 1 fully saturated rings. The van der Waals surface area contributed by atoms with E-state index in [2.05, 4.69) is 9.73 Å². The molecule has 3 rings (SSSR count). The van der Waals surface area contributed by atoms with E-state index in [1.165, 1.54) is 30.2 Å². The van der Waals surface area contributed by atoms with Gasteiger partial charge in [0.25, 0.3) is 5.91 Å². The van der Waals surface area contributed by atoms with Crippen molar-refractivity contribution in [2.75, 3.05) is 20.8 Å². The number of methoxy groups -OCH3 is 2. The lowest BCUT2D eigenvalue weighted by Crippen LogP contribution is -2.31. The van der Waals surface area contributed by atoms with Crippen molar-refractivity contribution in [2.24, 2.45) is 4.99 Å². The van der Waals surface area contributed by atoms with Crippen molar-refractivity contribution in [1.29, 1.82) is 0 Å². The fourth-order valence-electron chi connectivity index (χ4n) is 2.65. The Labute approximate surface area is 182 Å². The maximum Gasteiger partial charge on any atom is 0.331 e. The standard InChI is InChI=1S/C21H18ClFN2O4S/c1-28-15-6-3-13(4-7-15)9-10-25-20(27)18(12-19(26)29-2)30-21(25)24-14-5-8-17(23)16(22)11-14/h3-8,11-12H,9-10H2,1-2H3. The molecule has 1 amide bonds. The first-order valence-electron chi connectivity index (χ1n) is 8.87. The van der Waals surface area contributed by atoms with Crippen LogP contribution in [0.2, 0.25) is 5.02 Å². The molecule has 0 spiro atoms. The van der Waals surface area contributed by atoms with Crippen LogP contribution in [0.25, 0.3) is 0 Å². The molecule has 2 aromatic carbocycles. The third-order valence-corrected chi connectivity index (χ3v) is 5.55. The van der Waals surface area contributed by atoms with E-state index in [1.54, 1.807) is 7.11 Å². The van der Waals surface area contributed by atoms with Crippen LogP contribution in [0.4, 0.5) is 10.1 Å². The van der Waals surface area contributed by atoms with E-state index in [0.717, 1.165) is 29.2 Å². The van der Waals surface area contributed by atoms with Crippen molar-refractivity contribution in [3.8, 4) is 5.75 Å². The molecule has 0 bridgehead atoms. The van der Waals surface area contributed by atoms with E-state index in [4.69, 9.17) is 16.3 Å². The summed E-state index contributed by atoms with van der Waals surface area (Å²) < 4.78 is 23.2. The smallest absolute Gasteiger partial charge is 0.331 e. The Hall–Kier alpha value is -2.84. The largest absolute Gasteiger partial charge is 0.497 e. The van der Waals surface area contributed by atoms with Crippen LogP contribution in [0.1, 0.15) is 5.56 Å². The average Bonchev–Trinajstić information content (AvgIpc) is 3.03. The lowest BCUT2D eigenvalue weighted by Gasteiger charge is -2.15. The Kier molecular flexibility index (Phi) is 7.12. The van der Waals surface area contributed by atoms with Gasteiger partial charge in [-0.2, -0.15) is 0 Å². The number of amidine groups is 1. The maximum atomic E-state index is 13.4. The monoisotopic (exact) mass is 448 g/mol. The summed E-state index contributed by atoms with van der Waals surface area (Å²) >= 11 is 6.88. The fourth-order valence-corrected chi connectivity index (χ4v) is 3.81. The van der Waals surface area contributed by atoms with Crippen molar-refractivity contribution in [1.82, 2.24) is 4.90 Å². The number of carbonyl (C=O) groups excluding carboxylic acids is 2. The molecular formula is C21H18ClFN2O4S. The topological polar surface area (TPSA) is 68.2 Å². The first-order chi connectivity index (χ1) is 14.4. The number of amides is 1. The molecule has 0 saturated carbocycles. The number of rotatable bonds is 6. The minimum Gasteiger partial charge on any atom is -0.497 e. The van der Waals surface area contributed by atoms with Gasteiger partial charge in [-0.05, 0) is 54.1 Å². The van der Waals surface area contributed by atoms with Gasteiger partial charge in [0.05, 0.1) is 29.8 Å². The number of hydrogen-bond acceptors (Lipinski definition) is 6. The van der Waals surface area contributed by atoms with Gasteiger partial charge < -0.3 is 9.47 Å². The molecule has 0 N–H and O–H groups in total. The van der Waals surface area contributed by atoms with E-state index in [1.807, 2.05) is 24.3 Å². The summed E-state index contributed by atoms with van der Waals surface area (Å²) in [6.45, 7) is 0.338. The fraction of sp³-hybridized carbons (Fsp3) is 0.190. The van der Waals surface area contributed by atoms with Crippen molar-refractivity contribution in [3.05, 3.63) is 69.8 Å². The van der Waals surface area contributed by atoms with Crippen LogP contribution in [0.15, 0.2) is 58.4 Å². The van der Waals surface area contributed by atoms with Gasteiger partial charge in [0.15, 0.2) is 5.17 Å². The van der Waals surface area contributed by atoms with Gasteiger partial charge in [-0.1, -0.05) is 23.7 Å². The van der Waals surface area contributed by atoms with Gasteiger partial charge in [0.1, 0.15) is 11.6 Å². The number of nitrogens with zero attached hydrogens (tertiary/aromatic N) is 2. The summed E-state index contributed by atoms with van der Waals surface area (Å²) in [5.41, 5.74) is 1.40. The van der Waals surface area contributed by atoms with Gasteiger partial charge in [-0.15, -0.1) is 0 Å². The molecule has 1 saturated heterocycles. The van der Waals surface area contributed by atoms with Gasteiger partial charge in [-0.3, -0.25) is 9.69 Å². The number of hydrogen-bond donors (Lipinski definition) is 0. The number of ether oxygens (including phenoxy) is 2. The Morgan fingerprint density at radius 2 is 1.97 bits per heavy atom. The molecule has 1 aliphatic rings. The highest BCUT2D eigenvalue weighted by molar-refractivity contribution is 8.18. The third-order valence-electron chi connectivity index (χ3n) is 4.25. The van der Waals surface area contributed by atoms with Crippen LogP contribution in [-0.4, -0.2) is 42.7 Å². The normalized spacial score (nSPS) is 16.4. The van der Waals surface area contributed by atoms with Crippen molar-refractivity contribution in [2.45, 2.75) is 6.42 Å². The van der Waals surface area contributed by atoms with Crippen LogP contribution >= 0.6 is 23.4 Å². The predicted octanol–water partition coefficient (Wildman–Crippen LogP) is 4.35. The van der Waals surface area contributed by atoms with Gasteiger partial charge >= 0.3 is 5.97 Å². The Balaban J connectivity index is 1.87. The van der Waals surface area contributed by atoms with E-state index in [9.17, 15) is 14.0 Å². The van der Waals surface area contributed by atoms with Crippen molar-refractivity contribution >= 4 is 46.1 Å². The van der Waals surface area contributed by atoms with E-state index in [-0.39, 0.29) is 15.8 Å². The summed E-state index contributed by atoms with van der Waals surface area (Å²) in [5, 5.41) is 0.299. The second-order valence-electron chi connectivity index (χ2n) is 6.18. The quantitative estimate of drug-likeness (QED) is 0.485. The van der Waals surface area contributed by atoms with Crippen LogP contribution < -0.4 is 4.74 Å². The summed E-state index contributed by atoms with van der Waals surface area (Å²) in [6.07, 6.45) is 1.69. The molecule has 6 nitrogen and oxygen atoms in total. The maximum absolute atomic E-state index is 13.4. The molecule has 1 heterocycles. The molecule has 0 radical (unpaired) electrons. The lowest BCUT2D eigenvalue weighted by atomic mass is 10.1. The second-order valence-corrected chi connectivity index (χ2v) is 7.60. The average molecular weight is 449 g/mol. The first kappa shape index (κ1) is 21.9. The number of halogens is 2. The molecule has 156 valence electrons. The zero-order valence-electron chi connectivity index (χ0n) is 16.2. The van der Waals surface area contributed by atoms with Crippen LogP contribution in [0.3, 0.4) is 0 Å². The highest BCUT2D eigenvalue weighted by atomic mass is 35.5. The lowest BCUT2D eigenvalue weighted by molar-refractivity contribution is -0.135. The highest BCUT2D eigenvalue weighted by Crippen LogP contribution is 2.33. The molecule has 0 atom stereocenters. The molecule has 0 aromatic heterocycles. The predicted molar refractivity (Wildman–Crippen MR) is 115 cm³/mol. The number of carbonyl (C=O) groups is 2. The minimum absolute atomic E-state index is 0.0683. The zero-order chi connectivity index (χ0) is 21.7. The molecule has 0 unspecified atom stereocenters. The minimum atomic E-state index is -0.632. The molecule has 2 aromatic rings. The summed E-state index contributed by atoms with van der Waals surface area (Å²) in [5.74, 6) is -0.804. The zero-order valence-corrected chi connectivity index (χ0v) is 17.8.